The zero-order valence-electron chi connectivity index (χ0n) is 11.3. The molecule has 1 saturated heterocycles. The van der Waals surface area contributed by atoms with Crippen LogP contribution in [-0.2, 0) is 0 Å². The molecular formula is C16H23NOS. The summed E-state index contributed by atoms with van der Waals surface area (Å²) < 4.78 is 0. The lowest BCUT2D eigenvalue weighted by Gasteiger charge is -2.34. The van der Waals surface area contributed by atoms with E-state index in [1.54, 1.807) is 0 Å². The van der Waals surface area contributed by atoms with Gasteiger partial charge in [0.05, 0.1) is 5.60 Å². The van der Waals surface area contributed by atoms with Gasteiger partial charge in [-0.15, -0.1) is 0 Å². The standard InChI is InChI=1S/C16H23NOS/c18-16(8-10-19-11-9-16)12-17-15(14-6-7-14)13-4-2-1-3-5-13/h1-5,14-15,17-18H,6-12H2. The molecule has 0 aromatic heterocycles. The van der Waals surface area contributed by atoms with Crippen molar-refractivity contribution in [2.45, 2.75) is 37.3 Å². The Morgan fingerprint density at radius 1 is 1.21 bits per heavy atom. The van der Waals surface area contributed by atoms with Crippen LogP contribution in [0, 0.1) is 5.92 Å². The van der Waals surface area contributed by atoms with Crippen molar-refractivity contribution in [3.63, 3.8) is 0 Å². The van der Waals surface area contributed by atoms with E-state index in [2.05, 4.69) is 35.6 Å². The van der Waals surface area contributed by atoms with Crippen LogP contribution in [0.15, 0.2) is 30.3 Å². The molecule has 0 amide bonds. The van der Waals surface area contributed by atoms with E-state index in [-0.39, 0.29) is 0 Å². The summed E-state index contributed by atoms with van der Waals surface area (Å²) in [7, 11) is 0. The Morgan fingerprint density at radius 2 is 1.89 bits per heavy atom. The van der Waals surface area contributed by atoms with Crippen LogP contribution < -0.4 is 5.32 Å². The van der Waals surface area contributed by atoms with Crippen molar-refractivity contribution < 1.29 is 5.11 Å². The van der Waals surface area contributed by atoms with Gasteiger partial charge < -0.3 is 10.4 Å². The Hall–Kier alpha value is -0.510. The molecule has 2 fully saturated rings. The van der Waals surface area contributed by atoms with E-state index in [0.29, 0.717) is 6.04 Å². The van der Waals surface area contributed by atoms with Crippen LogP contribution in [-0.4, -0.2) is 28.8 Å². The van der Waals surface area contributed by atoms with Gasteiger partial charge in [-0.2, -0.15) is 11.8 Å². The van der Waals surface area contributed by atoms with Crippen LogP contribution in [0.3, 0.4) is 0 Å². The van der Waals surface area contributed by atoms with E-state index in [1.807, 2.05) is 11.8 Å². The second-order valence-electron chi connectivity index (χ2n) is 5.94. The van der Waals surface area contributed by atoms with Crippen LogP contribution in [0.4, 0.5) is 0 Å². The zero-order chi connectivity index (χ0) is 13.1. The summed E-state index contributed by atoms with van der Waals surface area (Å²) in [6.07, 6.45) is 4.50. The molecular weight excluding hydrogens is 254 g/mol. The maximum Gasteiger partial charge on any atom is 0.0787 e. The molecule has 1 aromatic rings. The first-order chi connectivity index (χ1) is 9.27. The van der Waals surface area contributed by atoms with Gasteiger partial charge in [0.25, 0.3) is 0 Å². The second kappa shape index (κ2) is 5.86. The van der Waals surface area contributed by atoms with Crippen molar-refractivity contribution in [2.75, 3.05) is 18.1 Å². The second-order valence-corrected chi connectivity index (χ2v) is 7.17. The molecule has 104 valence electrons. The minimum Gasteiger partial charge on any atom is -0.389 e. The number of nitrogens with one attached hydrogen (secondary N) is 1. The van der Waals surface area contributed by atoms with Gasteiger partial charge in [0.1, 0.15) is 0 Å². The van der Waals surface area contributed by atoms with E-state index in [1.165, 1.54) is 18.4 Å². The summed E-state index contributed by atoms with van der Waals surface area (Å²) in [4.78, 5) is 0. The summed E-state index contributed by atoms with van der Waals surface area (Å²) in [6.45, 7) is 0.740. The van der Waals surface area contributed by atoms with Crippen LogP contribution >= 0.6 is 11.8 Å². The Morgan fingerprint density at radius 3 is 2.53 bits per heavy atom. The van der Waals surface area contributed by atoms with Gasteiger partial charge in [-0.3, -0.25) is 0 Å². The fraction of sp³-hybridized carbons (Fsp3) is 0.625. The molecule has 1 unspecified atom stereocenters. The summed E-state index contributed by atoms with van der Waals surface area (Å²) in [5.74, 6) is 2.96. The fourth-order valence-electron chi connectivity index (χ4n) is 2.87. The minimum absolute atomic E-state index is 0.430. The van der Waals surface area contributed by atoms with Gasteiger partial charge in [0, 0.05) is 12.6 Å². The molecule has 2 nitrogen and oxygen atoms in total. The van der Waals surface area contributed by atoms with E-state index in [9.17, 15) is 5.11 Å². The third-order valence-corrected chi connectivity index (χ3v) is 5.31. The number of rotatable bonds is 5. The molecule has 2 aliphatic rings. The molecule has 3 rings (SSSR count). The first kappa shape index (κ1) is 13.5. The maximum absolute atomic E-state index is 10.6. The average Bonchev–Trinajstić information content (AvgIpc) is 3.26. The van der Waals surface area contributed by atoms with E-state index in [0.717, 1.165) is 36.8 Å². The lowest BCUT2D eigenvalue weighted by atomic mass is 9.95. The number of hydrogen-bond donors (Lipinski definition) is 2. The molecule has 2 N–H and O–H groups in total. The number of aliphatic hydroxyl groups is 1. The van der Waals surface area contributed by atoms with Crippen molar-refractivity contribution in [1.82, 2.24) is 5.32 Å². The average molecular weight is 277 g/mol. The van der Waals surface area contributed by atoms with E-state index >= 15 is 0 Å². The predicted molar refractivity (Wildman–Crippen MR) is 81.4 cm³/mol. The van der Waals surface area contributed by atoms with Crippen LogP contribution in [0.2, 0.25) is 0 Å². The monoisotopic (exact) mass is 277 g/mol. The van der Waals surface area contributed by atoms with Crippen molar-refractivity contribution in [1.29, 1.82) is 0 Å². The quantitative estimate of drug-likeness (QED) is 0.868. The predicted octanol–water partition coefficient (Wildman–Crippen LogP) is 2.99. The fourth-order valence-corrected chi connectivity index (χ4v) is 4.13. The lowest BCUT2D eigenvalue weighted by Crippen LogP contribution is -2.44. The Balaban J connectivity index is 1.62. The van der Waals surface area contributed by atoms with Gasteiger partial charge in [-0.1, -0.05) is 30.3 Å². The highest BCUT2D eigenvalue weighted by molar-refractivity contribution is 7.99. The van der Waals surface area contributed by atoms with E-state index in [4.69, 9.17) is 0 Å². The number of thioether (sulfide) groups is 1. The number of benzene rings is 1. The molecule has 1 aliphatic carbocycles. The maximum atomic E-state index is 10.6. The van der Waals surface area contributed by atoms with Crippen LogP contribution in [0.25, 0.3) is 0 Å². The molecule has 0 radical (unpaired) electrons. The Labute approximate surface area is 120 Å². The smallest absolute Gasteiger partial charge is 0.0787 e. The normalized spacial score (nSPS) is 24.1. The molecule has 1 aliphatic heterocycles. The van der Waals surface area contributed by atoms with Crippen molar-refractivity contribution in [3.8, 4) is 0 Å². The van der Waals surface area contributed by atoms with Gasteiger partial charge in [-0.25, -0.2) is 0 Å². The third-order valence-electron chi connectivity index (χ3n) is 4.33. The number of hydrogen-bond acceptors (Lipinski definition) is 3. The molecule has 0 spiro atoms. The van der Waals surface area contributed by atoms with Crippen molar-refractivity contribution >= 4 is 11.8 Å². The molecule has 0 bridgehead atoms. The molecule has 1 saturated carbocycles. The van der Waals surface area contributed by atoms with E-state index < -0.39 is 5.60 Å². The minimum atomic E-state index is -0.479. The van der Waals surface area contributed by atoms with Crippen LogP contribution in [0.1, 0.15) is 37.3 Å². The van der Waals surface area contributed by atoms with Gasteiger partial charge >= 0.3 is 0 Å². The molecule has 1 atom stereocenters. The lowest BCUT2D eigenvalue weighted by molar-refractivity contribution is 0.0288. The molecule has 1 aromatic carbocycles. The largest absolute Gasteiger partial charge is 0.389 e. The first-order valence-electron chi connectivity index (χ1n) is 7.35. The van der Waals surface area contributed by atoms with Crippen molar-refractivity contribution in [3.05, 3.63) is 35.9 Å². The molecule has 3 heteroatoms. The SMILES string of the molecule is OC1(CNC(c2ccccc2)C2CC2)CCSCC1. The highest BCUT2D eigenvalue weighted by atomic mass is 32.2. The third kappa shape index (κ3) is 3.53. The highest BCUT2D eigenvalue weighted by Gasteiger charge is 2.35. The van der Waals surface area contributed by atoms with Crippen LogP contribution in [0.5, 0.6) is 0 Å². The van der Waals surface area contributed by atoms with Gasteiger partial charge in [0.15, 0.2) is 0 Å². The summed E-state index contributed by atoms with van der Waals surface area (Å²) in [5.41, 5.74) is 0.895. The Kier molecular flexibility index (Phi) is 4.15. The molecule has 1 heterocycles. The summed E-state index contributed by atoms with van der Waals surface area (Å²) in [6, 6.07) is 11.1. The summed E-state index contributed by atoms with van der Waals surface area (Å²) >= 11 is 1.96. The first-order valence-corrected chi connectivity index (χ1v) is 8.51. The van der Waals surface area contributed by atoms with Crippen molar-refractivity contribution in [2.24, 2.45) is 5.92 Å². The van der Waals surface area contributed by atoms with Gasteiger partial charge in [-0.05, 0) is 48.7 Å². The highest BCUT2D eigenvalue weighted by Crippen LogP contribution is 2.41. The zero-order valence-corrected chi connectivity index (χ0v) is 12.2. The Bertz CT molecular complexity index is 398. The summed E-state index contributed by atoms with van der Waals surface area (Å²) in [5, 5.41) is 14.2. The molecule has 19 heavy (non-hydrogen) atoms. The van der Waals surface area contributed by atoms with Gasteiger partial charge in [0.2, 0.25) is 0 Å². The topological polar surface area (TPSA) is 32.3 Å².